The number of hydrogen-bond donors (Lipinski definition) is 0. The summed E-state index contributed by atoms with van der Waals surface area (Å²) < 4.78 is 23.3. The summed E-state index contributed by atoms with van der Waals surface area (Å²) in [6.07, 6.45) is 0.873. The number of alkyl halides is 1. The van der Waals surface area contributed by atoms with E-state index in [1.807, 2.05) is 0 Å². The molecule has 5 heteroatoms. The van der Waals surface area contributed by atoms with E-state index in [-0.39, 0.29) is 12.2 Å². The van der Waals surface area contributed by atoms with Crippen LogP contribution in [0.15, 0.2) is 18.2 Å². The Balaban J connectivity index is 2.62. The lowest BCUT2D eigenvalue weighted by Gasteiger charge is -2.07. The van der Waals surface area contributed by atoms with Gasteiger partial charge in [0.2, 0.25) is 0 Å². The molecule has 1 rings (SSSR count). The van der Waals surface area contributed by atoms with Crippen molar-refractivity contribution in [1.29, 1.82) is 0 Å². The zero-order chi connectivity index (χ0) is 12.7. The van der Waals surface area contributed by atoms with E-state index in [9.17, 15) is 9.18 Å². The molecule has 1 aromatic carbocycles. The molecule has 0 fully saturated rings. The highest BCUT2D eigenvalue weighted by Crippen LogP contribution is 2.19. The highest BCUT2D eigenvalue weighted by atomic mass is 79.9. The minimum atomic E-state index is -0.457. The lowest BCUT2D eigenvalue weighted by Crippen LogP contribution is -2.05. The quantitative estimate of drug-likeness (QED) is 0.460. The van der Waals surface area contributed by atoms with Crippen molar-refractivity contribution in [3.05, 3.63) is 29.6 Å². The molecule has 0 amide bonds. The van der Waals surface area contributed by atoms with Crippen LogP contribution in [0.1, 0.15) is 12.0 Å². The van der Waals surface area contributed by atoms with E-state index < -0.39 is 11.8 Å². The van der Waals surface area contributed by atoms with Crippen molar-refractivity contribution in [2.24, 2.45) is 0 Å². The van der Waals surface area contributed by atoms with E-state index in [1.54, 1.807) is 6.07 Å². The Bertz CT molecular complexity index is 382. The maximum absolute atomic E-state index is 13.5. The fraction of sp³-hybridized carbons (Fsp3) is 0.417. The summed E-state index contributed by atoms with van der Waals surface area (Å²) in [6.45, 7) is 0.457. The minimum absolute atomic E-state index is 0.0646. The fourth-order valence-corrected chi connectivity index (χ4v) is 1.48. The normalized spacial score (nSPS) is 10.1. The number of benzene rings is 1. The number of rotatable bonds is 6. The Morgan fingerprint density at radius 3 is 2.82 bits per heavy atom. The molecule has 0 saturated carbocycles. The van der Waals surface area contributed by atoms with Gasteiger partial charge in [0.25, 0.3) is 0 Å². The van der Waals surface area contributed by atoms with Gasteiger partial charge in [0, 0.05) is 5.33 Å². The molecule has 0 spiro atoms. The summed E-state index contributed by atoms with van der Waals surface area (Å²) >= 11 is 3.26. The second-order valence-electron chi connectivity index (χ2n) is 3.41. The van der Waals surface area contributed by atoms with Crippen LogP contribution >= 0.6 is 15.9 Å². The average molecular weight is 305 g/mol. The molecule has 0 N–H and O–H groups in total. The molecule has 0 aliphatic heterocycles. The summed E-state index contributed by atoms with van der Waals surface area (Å²) in [5, 5.41) is 0.815. The molecule has 0 saturated heterocycles. The van der Waals surface area contributed by atoms with Gasteiger partial charge in [0.1, 0.15) is 0 Å². The maximum atomic E-state index is 13.5. The predicted molar refractivity (Wildman–Crippen MR) is 66.0 cm³/mol. The van der Waals surface area contributed by atoms with Gasteiger partial charge in [0.05, 0.1) is 20.1 Å². The number of hydrogen-bond acceptors (Lipinski definition) is 3. The van der Waals surface area contributed by atoms with Gasteiger partial charge in [-0.15, -0.1) is 0 Å². The first-order chi connectivity index (χ1) is 8.17. The third-order valence-electron chi connectivity index (χ3n) is 2.11. The largest absolute Gasteiger partial charge is 0.490 e. The second kappa shape index (κ2) is 7.27. The van der Waals surface area contributed by atoms with Crippen molar-refractivity contribution < 1.29 is 18.7 Å². The SMILES string of the molecule is COC(=O)Cc1ccc(OCCCBr)c(F)c1. The van der Waals surface area contributed by atoms with E-state index in [0.29, 0.717) is 12.2 Å². The van der Waals surface area contributed by atoms with Crippen LogP contribution in [-0.4, -0.2) is 25.0 Å². The lowest BCUT2D eigenvalue weighted by atomic mass is 10.1. The molecule has 3 nitrogen and oxygen atoms in total. The number of halogens is 2. The van der Waals surface area contributed by atoms with Gasteiger partial charge in [-0.2, -0.15) is 0 Å². The van der Waals surface area contributed by atoms with Crippen LogP contribution in [0.2, 0.25) is 0 Å². The molecule has 0 atom stereocenters. The van der Waals surface area contributed by atoms with Crippen molar-refractivity contribution in [3.63, 3.8) is 0 Å². The van der Waals surface area contributed by atoms with Gasteiger partial charge in [0.15, 0.2) is 11.6 Å². The summed E-state index contributed by atoms with van der Waals surface area (Å²) in [6, 6.07) is 4.48. The van der Waals surface area contributed by atoms with Crippen molar-refractivity contribution in [2.45, 2.75) is 12.8 Å². The van der Waals surface area contributed by atoms with Crippen LogP contribution in [-0.2, 0) is 16.0 Å². The van der Waals surface area contributed by atoms with Gasteiger partial charge in [-0.1, -0.05) is 22.0 Å². The zero-order valence-corrected chi connectivity index (χ0v) is 11.1. The number of esters is 1. The van der Waals surface area contributed by atoms with Crippen LogP contribution in [0.3, 0.4) is 0 Å². The van der Waals surface area contributed by atoms with Gasteiger partial charge in [-0.3, -0.25) is 4.79 Å². The second-order valence-corrected chi connectivity index (χ2v) is 4.20. The van der Waals surface area contributed by atoms with E-state index in [4.69, 9.17) is 4.74 Å². The molecule has 0 unspecified atom stereocenters. The Morgan fingerprint density at radius 2 is 2.24 bits per heavy atom. The van der Waals surface area contributed by atoms with Crippen molar-refractivity contribution >= 4 is 21.9 Å². The van der Waals surface area contributed by atoms with Crippen molar-refractivity contribution in [2.75, 3.05) is 19.0 Å². The van der Waals surface area contributed by atoms with Crippen LogP contribution in [0, 0.1) is 5.82 Å². The summed E-state index contributed by atoms with van der Waals surface area (Å²) in [4.78, 5) is 11.0. The van der Waals surface area contributed by atoms with Crippen LogP contribution in [0.4, 0.5) is 4.39 Å². The molecule has 0 aromatic heterocycles. The molecular weight excluding hydrogens is 291 g/mol. The maximum Gasteiger partial charge on any atom is 0.309 e. The Labute approximate surface area is 108 Å². The lowest BCUT2D eigenvalue weighted by molar-refractivity contribution is -0.139. The van der Waals surface area contributed by atoms with Crippen LogP contribution in [0.25, 0.3) is 0 Å². The van der Waals surface area contributed by atoms with E-state index in [2.05, 4.69) is 20.7 Å². The number of methoxy groups -OCH3 is 1. The van der Waals surface area contributed by atoms with Gasteiger partial charge in [-0.05, 0) is 24.1 Å². The van der Waals surface area contributed by atoms with Crippen molar-refractivity contribution in [3.8, 4) is 5.75 Å². The number of ether oxygens (including phenoxy) is 2. The van der Waals surface area contributed by atoms with E-state index in [1.165, 1.54) is 19.2 Å². The molecule has 17 heavy (non-hydrogen) atoms. The first-order valence-corrected chi connectivity index (χ1v) is 6.33. The Morgan fingerprint density at radius 1 is 1.47 bits per heavy atom. The molecule has 0 radical (unpaired) electrons. The van der Waals surface area contributed by atoms with Crippen molar-refractivity contribution in [1.82, 2.24) is 0 Å². The van der Waals surface area contributed by atoms with Crippen LogP contribution in [0.5, 0.6) is 5.75 Å². The van der Waals surface area contributed by atoms with E-state index >= 15 is 0 Å². The monoisotopic (exact) mass is 304 g/mol. The standard InChI is InChI=1S/C12H14BrFO3/c1-16-12(15)8-9-3-4-11(10(14)7-9)17-6-2-5-13/h3-4,7H,2,5-6,8H2,1H3. The molecule has 0 aliphatic rings. The topological polar surface area (TPSA) is 35.5 Å². The summed E-state index contributed by atoms with van der Waals surface area (Å²) in [5.74, 6) is -0.641. The first-order valence-electron chi connectivity index (χ1n) is 5.21. The highest BCUT2D eigenvalue weighted by molar-refractivity contribution is 9.09. The molecule has 0 aliphatic carbocycles. The zero-order valence-electron chi connectivity index (χ0n) is 9.54. The minimum Gasteiger partial charge on any atom is -0.490 e. The Hall–Kier alpha value is -1.10. The van der Waals surface area contributed by atoms with Gasteiger partial charge < -0.3 is 9.47 Å². The molecule has 1 aromatic rings. The highest BCUT2D eigenvalue weighted by Gasteiger charge is 2.08. The third kappa shape index (κ3) is 4.73. The third-order valence-corrected chi connectivity index (χ3v) is 2.67. The predicted octanol–water partition coefficient (Wildman–Crippen LogP) is 2.71. The van der Waals surface area contributed by atoms with Crippen LogP contribution < -0.4 is 4.74 Å². The first kappa shape index (κ1) is 14.0. The number of carbonyl (C=O) groups excluding carboxylic acids is 1. The summed E-state index contributed by atoms with van der Waals surface area (Å²) in [7, 11) is 1.30. The average Bonchev–Trinajstić information content (AvgIpc) is 2.32. The molecule has 94 valence electrons. The fourth-order valence-electron chi connectivity index (χ4n) is 1.25. The number of carbonyl (C=O) groups is 1. The van der Waals surface area contributed by atoms with Gasteiger partial charge in [-0.25, -0.2) is 4.39 Å². The molecular formula is C12H14BrFO3. The molecule has 0 heterocycles. The smallest absolute Gasteiger partial charge is 0.309 e. The van der Waals surface area contributed by atoms with Gasteiger partial charge >= 0.3 is 5.97 Å². The summed E-state index contributed by atoms with van der Waals surface area (Å²) in [5.41, 5.74) is 0.571. The van der Waals surface area contributed by atoms with E-state index in [0.717, 1.165) is 11.8 Å². The molecule has 0 bridgehead atoms. The Kier molecular flexibility index (Phi) is 5.97.